The van der Waals surface area contributed by atoms with Gasteiger partial charge in [0.25, 0.3) is 0 Å². The first-order chi connectivity index (χ1) is 13.8. The molecule has 9 N–H and O–H groups in total. The Morgan fingerprint density at radius 2 is 1.50 bits per heavy atom. The molecule has 0 aromatic carbocycles. The number of rotatable bonds is 13. The van der Waals surface area contributed by atoms with Crippen LogP contribution in [0.25, 0.3) is 0 Å². The molecule has 0 radical (unpaired) electrons. The van der Waals surface area contributed by atoms with Crippen LogP contribution in [-0.4, -0.2) is 75.8 Å². The number of primary amides is 1. The highest BCUT2D eigenvalue weighted by Crippen LogP contribution is 2.09. The molecule has 0 rings (SSSR count). The first-order valence-corrected chi connectivity index (χ1v) is 9.95. The van der Waals surface area contributed by atoms with Crippen molar-refractivity contribution in [1.82, 2.24) is 16.0 Å². The number of thiol groups is 1. The number of carbonyl (C=O) groups is 5. The van der Waals surface area contributed by atoms with Gasteiger partial charge in [-0.2, -0.15) is 12.6 Å². The Morgan fingerprint density at radius 3 is 1.90 bits per heavy atom. The molecule has 0 saturated carbocycles. The molecule has 0 aromatic rings. The van der Waals surface area contributed by atoms with E-state index in [-0.39, 0.29) is 11.7 Å². The minimum absolute atomic E-state index is 0.0449. The Morgan fingerprint density at radius 1 is 0.967 bits per heavy atom. The van der Waals surface area contributed by atoms with Crippen LogP contribution in [0, 0.1) is 5.92 Å². The topological polar surface area (TPSA) is 214 Å². The van der Waals surface area contributed by atoms with Crippen molar-refractivity contribution in [2.75, 3.05) is 5.75 Å². The van der Waals surface area contributed by atoms with Gasteiger partial charge in [0, 0.05) is 5.75 Å². The molecule has 6 unspecified atom stereocenters. The van der Waals surface area contributed by atoms with E-state index in [1.54, 1.807) is 13.8 Å². The summed E-state index contributed by atoms with van der Waals surface area (Å²) in [5.74, 6) is -5.19. The maximum Gasteiger partial charge on any atom is 0.328 e. The molecule has 0 aliphatic heterocycles. The first-order valence-electron chi connectivity index (χ1n) is 9.32. The van der Waals surface area contributed by atoms with E-state index in [0.29, 0.717) is 6.42 Å². The largest absolute Gasteiger partial charge is 0.480 e. The van der Waals surface area contributed by atoms with Crippen LogP contribution in [0.1, 0.15) is 33.6 Å². The van der Waals surface area contributed by atoms with Gasteiger partial charge in [0.1, 0.15) is 12.1 Å². The van der Waals surface area contributed by atoms with Crippen molar-refractivity contribution in [2.24, 2.45) is 17.4 Å². The second kappa shape index (κ2) is 13.0. The molecule has 0 aliphatic carbocycles. The van der Waals surface area contributed by atoms with Crippen molar-refractivity contribution in [3.05, 3.63) is 0 Å². The molecule has 6 atom stereocenters. The number of amides is 4. The Labute approximate surface area is 179 Å². The zero-order valence-electron chi connectivity index (χ0n) is 17.1. The highest BCUT2D eigenvalue weighted by Gasteiger charge is 2.34. The standard InChI is InChI=1S/C17H31N5O7S/c1-4-7(2)12(21-14(25)9(18)6-30)16(27)20-10(5-11(19)24)15(26)22-13(8(3)23)17(28)29/h7-10,12-13,23,30H,4-6,18H2,1-3H3,(H2,19,24)(H,20,27)(H,21,25)(H,22,26)(H,28,29). The number of hydrogen-bond donors (Lipinski definition) is 8. The number of carboxylic acids is 1. The van der Waals surface area contributed by atoms with Crippen LogP contribution in [-0.2, 0) is 24.0 Å². The van der Waals surface area contributed by atoms with Crippen LogP contribution in [0.3, 0.4) is 0 Å². The summed E-state index contributed by atoms with van der Waals surface area (Å²) in [5.41, 5.74) is 10.7. The fourth-order valence-electron chi connectivity index (χ4n) is 2.36. The average molecular weight is 450 g/mol. The maximum atomic E-state index is 12.8. The summed E-state index contributed by atoms with van der Waals surface area (Å²) in [4.78, 5) is 59.8. The van der Waals surface area contributed by atoms with E-state index in [1.165, 1.54) is 0 Å². The number of carbonyl (C=O) groups excluding carboxylic acids is 4. The van der Waals surface area contributed by atoms with E-state index in [2.05, 4.69) is 23.3 Å². The Bertz CT molecular complexity index is 646. The van der Waals surface area contributed by atoms with Crippen LogP contribution in [0.2, 0.25) is 0 Å². The Hall–Kier alpha value is -2.38. The third-order valence-electron chi connectivity index (χ3n) is 4.41. The van der Waals surface area contributed by atoms with Gasteiger partial charge in [-0.15, -0.1) is 0 Å². The van der Waals surface area contributed by atoms with Gasteiger partial charge in [-0.25, -0.2) is 4.79 Å². The van der Waals surface area contributed by atoms with Gasteiger partial charge >= 0.3 is 5.97 Å². The lowest BCUT2D eigenvalue weighted by Gasteiger charge is -2.27. The predicted molar refractivity (Wildman–Crippen MR) is 110 cm³/mol. The van der Waals surface area contributed by atoms with E-state index in [9.17, 15) is 29.1 Å². The highest BCUT2D eigenvalue weighted by atomic mass is 32.1. The second-order valence-electron chi connectivity index (χ2n) is 6.96. The molecule has 0 spiro atoms. The summed E-state index contributed by atoms with van der Waals surface area (Å²) >= 11 is 3.93. The van der Waals surface area contributed by atoms with Crippen molar-refractivity contribution in [1.29, 1.82) is 0 Å². The van der Waals surface area contributed by atoms with Crippen LogP contribution in [0.5, 0.6) is 0 Å². The zero-order valence-corrected chi connectivity index (χ0v) is 18.0. The van der Waals surface area contributed by atoms with Crippen molar-refractivity contribution < 1.29 is 34.2 Å². The molecule has 30 heavy (non-hydrogen) atoms. The van der Waals surface area contributed by atoms with Gasteiger partial charge in [0.05, 0.1) is 18.6 Å². The summed E-state index contributed by atoms with van der Waals surface area (Å²) in [7, 11) is 0. The molecule has 0 aromatic heterocycles. The third kappa shape index (κ3) is 8.97. The quantitative estimate of drug-likeness (QED) is 0.136. The smallest absolute Gasteiger partial charge is 0.328 e. The van der Waals surface area contributed by atoms with Gasteiger partial charge in [-0.05, 0) is 12.8 Å². The van der Waals surface area contributed by atoms with Crippen LogP contribution in [0.4, 0.5) is 0 Å². The molecular weight excluding hydrogens is 418 g/mol. The van der Waals surface area contributed by atoms with Crippen molar-refractivity contribution in [3.63, 3.8) is 0 Å². The van der Waals surface area contributed by atoms with E-state index < -0.39 is 66.3 Å². The molecular formula is C17H31N5O7S. The Kier molecular flexibility index (Phi) is 12.0. The lowest BCUT2D eigenvalue weighted by molar-refractivity contribution is -0.145. The van der Waals surface area contributed by atoms with Crippen molar-refractivity contribution >= 4 is 42.2 Å². The number of nitrogens with one attached hydrogen (secondary N) is 3. The summed E-state index contributed by atoms with van der Waals surface area (Å²) < 4.78 is 0. The van der Waals surface area contributed by atoms with Gasteiger partial charge < -0.3 is 37.6 Å². The van der Waals surface area contributed by atoms with E-state index >= 15 is 0 Å². The Balaban J connectivity index is 5.54. The maximum absolute atomic E-state index is 12.8. The highest BCUT2D eigenvalue weighted by molar-refractivity contribution is 7.80. The first kappa shape index (κ1) is 27.6. The summed E-state index contributed by atoms with van der Waals surface area (Å²) in [6.45, 7) is 4.62. The van der Waals surface area contributed by atoms with Crippen molar-refractivity contribution in [3.8, 4) is 0 Å². The number of aliphatic hydroxyl groups excluding tert-OH is 1. The van der Waals surface area contributed by atoms with E-state index in [4.69, 9.17) is 16.6 Å². The predicted octanol–water partition coefficient (Wildman–Crippen LogP) is -2.92. The van der Waals surface area contributed by atoms with Gasteiger partial charge in [0.15, 0.2) is 6.04 Å². The molecule has 0 fully saturated rings. The minimum Gasteiger partial charge on any atom is -0.480 e. The van der Waals surface area contributed by atoms with E-state index in [1.807, 2.05) is 5.32 Å². The fraction of sp³-hybridized carbons (Fsp3) is 0.706. The van der Waals surface area contributed by atoms with Crippen LogP contribution in [0.15, 0.2) is 0 Å². The summed E-state index contributed by atoms with van der Waals surface area (Å²) in [6.07, 6.45) is -1.57. The molecule has 13 heteroatoms. The van der Waals surface area contributed by atoms with Gasteiger partial charge in [-0.3, -0.25) is 19.2 Å². The zero-order chi connectivity index (χ0) is 23.6. The van der Waals surface area contributed by atoms with Gasteiger partial charge in [-0.1, -0.05) is 20.3 Å². The van der Waals surface area contributed by atoms with Gasteiger partial charge in [0.2, 0.25) is 23.6 Å². The molecule has 0 aliphatic rings. The SMILES string of the molecule is CCC(C)C(NC(=O)C(N)CS)C(=O)NC(CC(N)=O)C(=O)NC(C(=O)O)C(C)O. The monoisotopic (exact) mass is 449 g/mol. The molecule has 12 nitrogen and oxygen atoms in total. The molecule has 0 saturated heterocycles. The molecule has 0 bridgehead atoms. The number of aliphatic carboxylic acids is 1. The third-order valence-corrected chi connectivity index (χ3v) is 4.80. The summed E-state index contributed by atoms with van der Waals surface area (Å²) in [6, 6.07) is -5.22. The van der Waals surface area contributed by atoms with Crippen LogP contribution < -0.4 is 27.4 Å². The molecule has 0 heterocycles. The molecule has 172 valence electrons. The van der Waals surface area contributed by atoms with Crippen LogP contribution >= 0.6 is 12.6 Å². The number of nitrogens with two attached hydrogens (primary N) is 2. The lowest BCUT2D eigenvalue weighted by atomic mass is 9.97. The molecule has 4 amide bonds. The number of hydrogen-bond acceptors (Lipinski definition) is 8. The number of aliphatic hydroxyl groups is 1. The second-order valence-corrected chi connectivity index (χ2v) is 7.32. The minimum atomic E-state index is -1.66. The summed E-state index contributed by atoms with van der Waals surface area (Å²) in [5, 5.41) is 25.4. The fourth-order valence-corrected chi connectivity index (χ4v) is 2.53. The number of carboxylic acid groups (broad SMARTS) is 1. The normalized spacial score (nSPS) is 16.9. The lowest BCUT2D eigenvalue weighted by Crippen LogP contribution is -2.60. The van der Waals surface area contributed by atoms with E-state index in [0.717, 1.165) is 6.92 Å². The van der Waals surface area contributed by atoms with Crippen molar-refractivity contribution in [2.45, 2.75) is 63.9 Å². The average Bonchev–Trinajstić information content (AvgIpc) is 2.66.